The van der Waals surface area contributed by atoms with Crippen LogP contribution in [0.3, 0.4) is 0 Å². The average Bonchev–Trinajstić information content (AvgIpc) is 2.26. The highest BCUT2D eigenvalue weighted by molar-refractivity contribution is 5.88. The maximum absolute atomic E-state index is 10.7. The van der Waals surface area contributed by atoms with Gasteiger partial charge in [-0.25, -0.2) is 4.79 Å². The Balaban J connectivity index is 2.84. The van der Waals surface area contributed by atoms with Crippen molar-refractivity contribution in [2.45, 2.75) is 13.3 Å². The summed E-state index contributed by atoms with van der Waals surface area (Å²) in [7, 11) is 1.32. The Hall–Kier alpha value is -1.75. The Morgan fingerprint density at radius 3 is 2.93 bits per heavy atom. The highest BCUT2D eigenvalue weighted by atomic mass is 16.5. The summed E-state index contributed by atoms with van der Waals surface area (Å²) in [5.41, 5.74) is 2.05. The fraction of sp³-hybridized carbons (Fsp3) is 0.250. The van der Waals surface area contributed by atoms with Crippen molar-refractivity contribution in [3.63, 3.8) is 0 Å². The van der Waals surface area contributed by atoms with Crippen LogP contribution in [0.1, 0.15) is 18.1 Å². The molecule has 0 aliphatic carbocycles. The molecule has 0 spiro atoms. The van der Waals surface area contributed by atoms with Gasteiger partial charge in [0.25, 0.3) is 0 Å². The van der Waals surface area contributed by atoms with Crippen molar-refractivity contribution in [1.29, 1.82) is 0 Å². The van der Waals surface area contributed by atoms with Gasteiger partial charge in [-0.1, -0.05) is 25.0 Å². The summed E-state index contributed by atoms with van der Waals surface area (Å²) in [6.07, 6.45) is 0.966. The van der Waals surface area contributed by atoms with Gasteiger partial charge in [-0.3, -0.25) is 0 Å². The van der Waals surface area contributed by atoms with E-state index in [0.29, 0.717) is 0 Å². The quantitative estimate of drug-likeness (QED) is 0.496. The molecule has 2 heteroatoms. The van der Waals surface area contributed by atoms with Crippen molar-refractivity contribution in [3.05, 3.63) is 35.4 Å². The second-order valence-electron chi connectivity index (χ2n) is 2.80. The molecule has 0 aliphatic heterocycles. The zero-order chi connectivity index (χ0) is 10.4. The van der Waals surface area contributed by atoms with Gasteiger partial charge < -0.3 is 4.74 Å². The van der Waals surface area contributed by atoms with Crippen LogP contribution in [0.15, 0.2) is 24.3 Å². The molecule has 72 valence electrons. The first-order chi connectivity index (χ1) is 6.76. The van der Waals surface area contributed by atoms with E-state index in [9.17, 15) is 4.79 Å². The molecule has 0 unspecified atom stereocenters. The lowest BCUT2D eigenvalue weighted by Crippen LogP contribution is -1.94. The second kappa shape index (κ2) is 5.08. The molecule has 0 radical (unpaired) electrons. The number of methoxy groups -OCH3 is 1. The molecular formula is C12H12O2. The minimum atomic E-state index is -0.507. The summed E-state index contributed by atoms with van der Waals surface area (Å²) < 4.78 is 4.42. The van der Waals surface area contributed by atoms with Gasteiger partial charge in [-0.05, 0) is 24.1 Å². The van der Waals surface area contributed by atoms with Gasteiger partial charge in [0, 0.05) is 11.5 Å². The summed E-state index contributed by atoms with van der Waals surface area (Å²) in [5.74, 6) is 4.63. The van der Waals surface area contributed by atoms with Gasteiger partial charge in [-0.2, -0.15) is 0 Å². The summed E-state index contributed by atoms with van der Waals surface area (Å²) >= 11 is 0. The first kappa shape index (κ1) is 10.3. The molecule has 1 rings (SSSR count). The van der Waals surface area contributed by atoms with E-state index in [-0.39, 0.29) is 0 Å². The smallest absolute Gasteiger partial charge is 0.384 e. The minimum absolute atomic E-state index is 0.507. The zero-order valence-electron chi connectivity index (χ0n) is 8.33. The number of hydrogen-bond donors (Lipinski definition) is 0. The molecule has 0 bridgehead atoms. The van der Waals surface area contributed by atoms with Crippen LogP contribution in [-0.2, 0) is 16.0 Å². The van der Waals surface area contributed by atoms with Crippen molar-refractivity contribution >= 4 is 5.97 Å². The molecular weight excluding hydrogens is 176 g/mol. The van der Waals surface area contributed by atoms with E-state index in [0.717, 1.165) is 12.0 Å². The van der Waals surface area contributed by atoms with E-state index in [2.05, 4.69) is 23.5 Å². The average molecular weight is 188 g/mol. The predicted molar refractivity (Wildman–Crippen MR) is 54.7 cm³/mol. The molecule has 0 aliphatic rings. The number of carbonyl (C=O) groups is 1. The monoisotopic (exact) mass is 188 g/mol. The van der Waals surface area contributed by atoms with Gasteiger partial charge in [0.05, 0.1) is 7.11 Å². The van der Waals surface area contributed by atoms with E-state index in [1.165, 1.54) is 12.7 Å². The second-order valence-corrected chi connectivity index (χ2v) is 2.80. The highest BCUT2D eigenvalue weighted by Crippen LogP contribution is 2.04. The number of carbonyl (C=O) groups excluding carboxylic acids is 1. The Morgan fingerprint density at radius 2 is 2.29 bits per heavy atom. The molecule has 0 N–H and O–H groups in total. The van der Waals surface area contributed by atoms with Crippen LogP contribution in [0.4, 0.5) is 0 Å². The first-order valence-electron chi connectivity index (χ1n) is 4.45. The molecule has 0 amide bonds. The number of aryl methyl sites for hydroxylation is 1. The minimum Gasteiger partial charge on any atom is -0.459 e. The van der Waals surface area contributed by atoms with Gasteiger partial charge in [0.2, 0.25) is 0 Å². The molecule has 2 nitrogen and oxygen atoms in total. The van der Waals surface area contributed by atoms with Crippen molar-refractivity contribution in [2.75, 3.05) is 7.11 Å². The van der Waals surface area contributed by atoms with E-state index in [4.69, 9.17) is 0 Å². The molecule has 0 saturated heterocycles. The molecule has 1 aromatic rings. The standard InChI is InChI=1S/C12H12O2/c1-3-10-5-4-6-11(9-10)7-8-12(13)14-2/h4-6,9H,3H2,1-2H3. The SMILES string of the molecule is CCc1cccc(C#CC(=O)OC)c1. The third-order valence-corrected chi connectivity index (χ3v) is 1.83. The molecule has 0 heterocycles. The van der Waals surface area contributed by atoms with Crippen LogP contribution in [0.25, 0.3) is 0 Å². The Morgan fingerprint density at radius 1 is 1.50 bits per heavy atom. The lowest BCUT2D eigenvalue weighted by atomic mass is 10.1. The largest absolute Gasteiger partial charge is 0.459 e. The van der Waals surface area contributed by atoms with Crippen LogP contribution in [0.2, 0.25) is 0 Å². The van der Waals surface area contributed by atoms with Gasteiger partial charge in [0.1, 0.15) is 0 Å². The van der Waals surface area contributed by atoms with Gasteiger partial charge >= 0.3 is 5.97 Å². The normalized spacial score (nSPS) is 8.71. The number of esters is 1. The summed E-state index contributed by atoms with van der Waals surface area (Å²) in [5, 5.41) is 0. The third-order valence-electron chi connectivity index (χ3n) is 1.83. The van der Waals surface area contributed by atoms with E-state index in [1.807, 2.05) is 24.3 Å². The summed E-state index contributed by atoms with van der Waals surface area (Å²) in [6.45, 7) is 2.08. The van der Waals surface area contributed by atoms with Crippen molar-refractivity contribution in [2.24, 2.45) is 0 Å². The Labute approximate surface area is 83.9 Å². The van der Waals surface area contributed by atoms with E-state index >= 15 is 0 Å². The summed E-state index contributed by atoms with van der Waals surface area (Å²) in [4.78, 5) is 10.7. The van der Waals surface area contributed by atoms with Crippen LogP contribution < -0.4 is 0 Å². The van der Waals surface area contributed by atoms with Crippen molar-refractivity contribution < 1.29 is 9.53 Å². The number of hydrogen-bond acceptors (Lipinski definition) is 2. The lowest BCUT2D eigenvalue weighted by molar-refractivity contribution is -0.133. The van der Waals surface area contributed by atoms with Crippen molar-refractivity contribution in [3.8, 4) is 11.8 Å². The first-order valence-corrected chi connectivity index (χ1v) is 4.45. The Kier molecular flexibility index (Phi) is 3.75. The molecule has 0 saturated carbocycles. The van der Waals surface area contributed by atoms with Gasteiger partial charge in [0.15, 0.2) is 0 Å². The predicted octanol–water partition coefficient (Wildman–Crippen LogP) is 1.77. The van der Waals surface area contributed by atoms with Crippen LogP contribution in [0.5, 0.6) is 0 Å². The lowest BCUT2D eigenvalue weighted by Gasteiger charge is -1.95. The van der Waals surface area contributed by atoms with Crippen LogP contribution >= 0.6 is 0 Å². The molecule has 14 heavy (non-hydrogen) atoms. The number of ether oxygens (including phenoxy) is 1. The third kappa shape index (κ3) is 2.95. The Bertz CT molecular complexity index is 383. The number of benzene rings is 1. The number of rotatable bonds is 1. The fourth-order valence-corrected chi connectivity index (χ4v) is 1.04. The topological polar surface area (TPSA) is 26.3 Å². The zero-order valence-corrected chi connectivity index (χ0v) is 8.33. The summed E-state index contributed by atoms with van der Waals surface area (Å²) in [6, 6.07) is 7.80. The van der Waals surface area contributed by atoms with Crippen molar-refractivity contribution in [1.82, 2.24) is 0 Å². The maximum Gasteiger partial charge on any atom is 0.384 e. The van der Waals surface area contributed by atoms with Crippen LogP contribution in [-0.4, -0.2) is 13.1 Å². The molecule has 1 aromatic carbocycles. The maximum atomic E-state index is 10.7. The molecule has 0 fully saturated rings. The van der Waals surface area contributed by atoms with Crippen LogP contribution in [0, 0.1) is 11.8 Å². The molecule has 0 atom stereocenters. The molecule has 0 aromatic heterocycles. The van der Waals surface area contributed by atoms with E-state index < -0.39 is 5.97 Å². The van der Waals surface area contributed by atoms with E-state index in [1.54, 1.807) is 0 Å². The fourth-order valence-electron chi connectivity index (χ4n) is 1.04. The highest BCUT2D eigenvalue weighted by Gasteiger charge is 1.92. The van der Waals surface area contributed by atoms with Gasteiger partial charge in [-0.15, -0.1) is 0 Å².